The van der Waals surface area contributed by atoms with Crippen LogP contribution in [0.2, 0.25) is 0 Å². The second-order valence-electron chi connectivity index (χ2n) is 5.57. The Kier molecular flexibility index (Phi) is 4.83. The highest BCUT2D eigenvalue weighted by molar-refractivity contribution is 5.84. The number of piperazine rings is 1. The Bertz CT molecular complexity index is 462. The zero-order valence-electron chi connectivity index (χ0n) is 12.6. The van der Waals surface area contributed by atoms with Gasteiger partial charge >= 0.3 is 5.97 Å². The Morgan fingerprint density at radius 2 is 2.05 bits per heavy atom. The summed E-state index contributed by atoms with van der Waals surface area (Å²) in [6, 6.07) is 2.30. The molecule has 1 atom stereocenters. The third kappa shape index (κ3) is 3.41. The molecule has 0 spiro atoms. The number of hydrogen-bond acceptors (Lipinski definition) is 4. The van der Waals surface area contributed by atoms with E-state index in [1.54, 1.807) is 6.07 Å². The number of furan rings is 1. The Balaban J connectivity index is 1.91. The van der Waals surface area contributed by atoms with E-state index < -0.39 is 5.97 Å². The molecule has 1 unspecified atom stereocenters. The highest BCUT2D eigenvalue weighted by atomic mass is 16.4. The number of carbonyl (C=O) groups is 1. The maximum atomic E-state index is 10.9. The largest absolute Gasteiger partial charge is 0.475 e. The average molecular weight is 280 g/mol. The van der Waals surface area contributed by atoms with Crippen LogP contribution < -0.4 is 0 Å². The van der Waals surface area contributed by atoms with Crippen LogP contribution in [0.15, 0.2) is 10.5 Å². The predicted octanol–water partition coefficient (Wildman–Crippen LogP) is 2.20. The summed E-state index contributed by atoms with van der Waals surface area (Å²) in [4.78, 5) is 15.8. The summed E-state index contributed by atoms with van der Waals surface area (Å²) in [7, 11) is 0. The second kappa shape index (κ2) is 6.41. The molecule has 0 radical (unpaired) electrons. The van der Waals surface area contributed by atoms with E-state index in [4.69, 9.17) is 9.52 Å². The van der Waals surface area contributed by atoms with E-state index in [1.807, 2.05) is 6.92 Å². The average Bonchev–Trinajstić information content (AvgIpc) is 2.80. The molecule has 2 rings (SSSR count). The molecule has 1 aliphatic rings. The van der Waals surface area contributed by atoms with Crippen LogP contribution in [0.25, 0.3) is 0 Å². The molecule has 1 aromatic rings. The minimum absolute atomic E-state index is 0.0377. The molecular formula is C15H24N2O3. The number of carboxylic acids is 1. The molecular weight excluding hydrogens is 256 g/mol. The van der Waals surface area contributed by atoms with Gasteiger partial charge in [0.15, 0.2) is 0 Å². The van der Waals surface area contributed by atoms with Gasteiger partial charge < -0.3 is 9.52 Å². The molecule has 0 saturated carbocycles. The van der Waals surface area contributed by atoms with Gasteiger partial charge in [-0.1, -0.05) is 6.92 Å². The minimum Gasteiger partial charge on any atom is -0.475 e. The molecule has 5 nitrogen and oxygen atoms in total. The van der Waals surface area contributed by atoms with Crippen LogP contribution in [-0.4, -0.2) is 53.1 Å². The van der Waals surface area contributed by atoms with Gasteiger partial charge in [-0.25, -0.2) is 4.79 Å². The molecule has 1 aliphatic heterocycles. The van der Waals surface area contributed by atoms with Crippen molar-refractivity contribution < 1.29 is 14.3 Å². The van der Waals surface area contributed by atoms with Crippen LogP contribution in [-0.2, 0) is 6.54 Å². The molecule has 1 aromatic heterocycles. The standard InChI is InChI=1S/C15H24N2O3/c1-4-11(2)17-7-5-16(6-8-17)10-13-9-14(15(18)19)20-12(13)3/h9,11H,4-8,10H2,1-3H3,(H,18,19). The number of hydrogen-bond donors (Lipinski definition) is 1. The van der Waals surface area contributed by atoms with Crippen molar-refractivity contribution in [1.82, 2.24) is 9.80 Å². The van der Waals surface area contributed by atoms with Gasteiger partial charge in [0.25, 0.3) is 0 Å². The van der Waals surface area contributed by atoms with Crippen LogP contribution in [0.4, 0.5) is 0 Å². The first-order chi connectivity index (χ1) is 9.51. The number of nitrogens with zero attached hydrogens (tertiary/aromatic N) is 2. The van der Waals surface area contributed by atoms with Crippen molar-refractivity contribution in [3.05, 3.63) is 23.2 Å². The van der Waals surface area contributed by atoms with E-state index in [2.05, 4.69) is 23.6 Å². The maximum absolute atomic E-state index is 10.9. The highest BCUT2D eigenvalue weighted by Crippen LogP contribution is 2.18. The van der Waals surface area contributed by atoms with Gasteiger partial charge in [0.2, 0.25) is 5.76 Å². The van der Waals surface area contributed by atoms with E-state index >= 15 is 0 Å². The summed E-state index contributed by atoms with van der Waals surface area (Å²) in [6.07, 6.45) is 1.18. The number of aromatic carboxylic acids is 1. The third-order valence-electron chi connectivity index (χ3n) is 4.25. The zero-order chi connectivity index (χ0) is 14.7. The summed E-state index contributed by atoms with van der Waals surface area (Å²) in [5.41, 5.74) is 0.986. The first-order valence-corrected chi connectivity index (χ1v) is 7.30. The van der Waals surface area contributed by atoms with Gasteiger partial charge in [0.1, 0.15) is 5.76 Å². The zero-order valence-corrected chi connectivity index (χ0v) is 12.6. The Morgan fingerprint density at radius 3 is 2.55 bits per heavy atom. The molecule has 1 fully saturated rings. The molecule has 2 heterocycles. The summed E-state index contributed by atoms with van der Waals surface area (Å²) in [6.45, 7) is 11.3. The van der Waals surface area contributed by atoms with E-state index in [9.17, 15) is 4.79 Å². The van der Waals surface area contributed by atoms with Crippen molar-refractivity contribution >= 4 is 5.97 Å². The molecule has 1 N–H and O–H groups in total. The van der Waals surface area contributed by atoms with Crippen LogP contribution in [0.1, 0.15) is 42.1 Å². The lowest BCUT2D eigenvalue weighted by Gasteiger charge is -2.37. The van der Waals surface area contributed by atoms with Crippen LogP contribution in [0.3, 0.4) is 0 Å². The van der Waals surface area contributed by atoms with Gasteiger partial charge in [-0.05, 0) is 26.3 Å². The molecule has 0 aliphatic carbocycles. The number of rotatable bonds is 5. The minimum atomic E-state index is -0.999. The predicted molar refractivity (Wildman–Crippen MR) is 77.0 cm³/mol. The van der Waals surface area contributed by atoms with Crippen molar-refractivity contribution in [2.75, 3.05) is 26.2 Å². The fourth-order valence-electron chi connectivity index (χ4n) is 2.64. The van der Waals surface area contributed by atoms with Crippen LogP contribution in [0, 0.1) is 6.92 Å². The smallest absolute Gasteiger partial charge is 0.371 e. The summed E-state index contributed by atoms with van der Waals surface area (Å²) in [5, 5.41) is 8.94. The maximum Gasteiger partial charge on any atom is 0.371 e. The molecule has 5 heteroatoms. The van der Waals surface area contributed by atoms with E-state index in [1.165, 1.54) is 6.42 Å². The highest BCUT2D eigenvalue weighted by Gasteiger charge is 2.22. The normalized spacial score (nSPS) is 19.1. The van der Waals surface area contributed by atoms with Gasteiger partial charge in [-0.15, -0.1) is 0 Å². The van der Waals surface area contributed by atoms with Crippen molar-refractivity contribution in [2.45, 2.75) is 39.8 Å². The molecule has 0 bridgehead atoms. The lowest BCUT2D eigenvalue weighted by atomic mass is 10.1. The fourth-order valence-corrected chi connectivity index (χ4v) is 2.64. The Hall–Kier alpha value is -1.33. The Morgan fingerprint density at radius 1 is 1.40 bits per heavy atom. The summed E-state index contributed by atoms with van der Waals surface area (Å²) >= 11 is 0. The second-order valence-corrected chi connectivity index (χ2v) is 5.57. The summed E-state index contributed by atoms with van der Waals surface area (Å²) in [5.74, 6) is -0.247. The lowest BCUT2D eigenvalue weighted by molar-refractivity contribution is 0.0661. The monoisotopic (exact) mass is 280 g/mol. The summed E-state index contributed by atoms with van der Waals surface area (Å²) < 4.78 is 5.26. The van der Waals surface area contributed by atoms with Crippen LogP contribution >= 0.6 is 0 Å². The molecule has 20 heavy (non-hydrogen) atoms. The molecule has 0 aromatic carbocycles. The van der Waals surface area contributed by atoms with E-state index in [-0.39, 0.29) is 5.76 Å². The topological polar surface area (TPSA) is 56.9 Å². The number of aryl methyl sites for hydroxylation is 1. The van der Waals surface area contributed by atoms with Crippen molar-refractivity contribution in [3.8, 4) is 0 Å². The fraction of sp³-hybridized carbons (Fsp3) is 0.667. The van der Waals surface area contributed by atoms with Gasteiger partial charge in [0, 0.05) is 44.3 Å². The van der Waals surface area contributed by atoms with Crippen molar-refractivity contribution in [1.29, 1.82) is 0 Å². The van der Waals surface area contributed by atoms with Crippen molar-refractivity contribution in [3.63, 3.8) is 0 Å². The molecule has 112 valence electrons. The molecule has 0 amide bonds. The first-order valence-electron chi connectivity index (χ1n) is 7.30. The van der Waals surface area contributed by atoms with E-state index in [0.29, 0.717) is 11.8 Å². The van der Waals surface area contributed by atoms with Crippen LogP contribution in [0.5, 0.6) is 0 Å². The lowest BCUT2D eigenvalue weighted by Crippen LogP contribution is -2.49. The Labute approximate surface area is 120 Å². The van der Waals surface area contributed by atoms with Gasteiger partial charge in [-0.2, -0.15) is 0 Å². The van der Waals surface area contributed by atoms with E-state index in [0.717, 1.165) is 38.3 Å². The number of carboxylic acid groups (broad SMARTS) is 1. The van der Waals surface area contributed by atoms with Gasteiger partial charge in [-0.3, -0.25) is 9.80 Å². The first kappa shape index (κ1) is 15.1. The van der Waals surface area contributed by atoms with Gasteiger partial charge in [0.05, 0.1) is 0 Å². The molecule has 1 saturated heterocycles. The quantitative estimate of drug-likeness (QED) is 0.896. The third-order valence-corrected chi connectivity index (χ3v) is 4.25. The SMILES string of the molecule is CCC(C)N1CCN(Cc2cc(C(=O)O)oc2C)CC1. The van der Waals surface area contributed by atoms with Crippen molar-refractivity contribution in [2.24, 2.45) is 0 Å².